The number of nitrogens with two attached hydrogens (primary N) is 1. The van der Waals surface area contributed by atoms with Gasteiger partial charge in [0.1, 0.15) is 4.90 Å². The second-order valence-corrected chi connectivity index (χ2v) is 6.36. The summed E-state index contributed by atoms with van der Waals surface area (Å²) in [5.74, 6) is 0. The topological polar surface area (TPSA) is 75.4 Å². The highest BCUT2D eigenvalue weighted by Crippen LogP contribution is 2.26. The van der Waals surface area contributed by atoms with Gasteiger partial charge in [-0.3, -0.25) is 4.90 Å². The van der Waals surface area contributed by atoms with E-state index in [-0.39, 0.29) is 4.90 Å². The monoisotopic (exact) mass is 283 g/mol. The molecule has 0 heterocycles. The average molecular weight is 283 g/mol. The molecule has 0 unspecified atom stereocenters. The van der Waals surface area contributed by atoms with Gasteiger partial charge < -0.3 is 5.32 Å². The van der Waals surface area contributed by atoms with E-state index in [1.165, 1.54) is 18.9 Å². The SMILES string of the molecule is CCN(CCNc1ccccc1S(N)(=O)=O)C1CC1. The molecule has 0 bridgehead atoms. The molecule has 0 aliphatic heterocycles. The van der Waals surface area contributed by atoms with E-state index in [2.05, 4.69) is 17.1 Å². The lowest BCUT2D eigenvalue weighted by Crippen LogP contribution is -2.31. The van der Waals surface area contributed by atoms with Crippen LogP contribution in [-0.2, 0) is 10.0 Å². The predicted molar refractivity (Wildman–Crippen MR) is 76.6 cm³/mol. The molecule has 1 aliphatic rings. The average Bonchev–Trinajstić information content (AvgIpc) is 3.18. The number of primary sulfonamides is 1. The van der Waals surface area contributed by atoms with E-state index >= 15 is 0 Å². The number of rotatable bonds is 7. The summed E-state index contributed by atoms with van der Waals surface area (Å²) in [7, 11) is -3.67. The molecule has 0 amide bonds. The van der Waals surface area contributed by atoms with Gasteiger partial charge in [-0.2, -0.15) is 0 Å². The van der Waals surface area contributed by atoms with Crippen molar-refractivity contribution in [2.24, 2.45) is 5.14 Å². The van der Waals surface area contributed by atoms with Crippen LogP contribution in [0, 0.1) is 0 Å². The summed E-state index contributed by atoms with van der Waals surface area (Å²) in [5.41, 5.74) is 0.580. The molecule has 1 saturated carbocycles. The molecule has 0 aromatic heterocycles. The summed E-state index contributed by atoms with van der Waals surface area (Å²) >= 11 is 0. The van der Waals surface area contributed by atoms with Crippen LogP contribution in [0.3, 0.4) is 0 Å². The maximum atomic E-state index is 11.5. The Bertz CT molecular complexity index is 526. The van der Waals surface area contributed by atoms with Gasteiger partial charge in [0.15, 0.2) is 0 Å². The molecule has 106 valence electrons. The van der Waals surface area contributed by atoms with E-state index in [1.807, 2.05) is 0 Å². The highest BCUT2D eigenvalue weighted by atomic mass is 32.2. The van der Waals surface area contributed by atoms with Crippen molar-refractivity contribution in [2.75, 3.05) is 25.0 Å². The van der Waals surface area contributed by atoms with Crippen molar-refractivity contribution in [3.63, 3.8) is 0 Å². The number of likely N-dealkylation sites (N-methyl/N-ethyl adjacent to an activating group) is 1. The molecule has 1 aliphatic carbocycles. The predicted octanol–water partition coefficient (Wildman–Crippen LogP) is 1.23. The highest BCUT2D eigenvalue weighted by molar-refractivity contribution is 7.89. The molecule has 5 nitrogen and oxygen atoms in total. The van der Waals surface area contributed by atoms with Crippen LogP contribution in [0.25, 0.3) is 0 Å². The second-order valence-electron chi connectivity index (χ2n) is 4.83. The number of anilines is 1. The van der Waals surface area contributed by atoms with Crippen LogP contribution in [0.1, 0.15) is 19.8 Å². The van der Waals surface area contributed by atoms with Crippen molar-refractivity contribution in [3.05, 3.63) is 24.3 Å². The first-order chi connectivity index (χ1) is 9.02. The molecule has 1 aromatic carbocycles. The minimum Gasteiger partial charge on any atom is -0.383 e. The van der Waals surface area contributed by atoms with Gasteiger partial charge in [-0.25, -0.2) is 13.6 Å². The maximum absolute atomic E-state index is 11.5. The van der Waals surface area contributed by atoms with E-state index in [0.717, 1.165) is 25.7 Å². The van der Waals surface area contributed by atoms with E-state index in [1.54, 1.807) is 18.2 Å². The van der Waals surface area contributed by atoms with Crippen molar-refractivity contribution in [2.45, 2.75) is 30.7 Å². The van der Waals surface area contributed by atoms with Crippen molar-refractivity contribution < 1.29 is 8.42 Å². The van der Waals surface area contributed by atoms with Crippen LogP contribution in [0.15, 0.2) is 29.2 Å². The minimum absolute atomic E-state index is 0.157. The molecule has 2 rings (SSSR count). The molecule has 0 atom stereocenters. The molecule has 1 fully saturated rings. The van der Waals surface area contributed by atoms with Crippen LogP contribution in [0.4, 0.5) is 5.69 Å². The van der Waals surface area contributed by atoms with Gasteiger partial charge in [0.2, 0.25) is 10.0 Å². The highest BCUT2D eigenvalue weighted by Gasteiger charge is 2.27. The summed E-state index contributed by atoms with van der Waals surface area (Å²) in [5, 5.41) is 8.36. The lowest BCUT2D eigenvalue weighted by atomic mass is 10.3. The molecule has 19 heavy (non-hydrogen) atoms. The molecule has 6 heteroatoms. The van der Waals surface area contributed by atoms with Crippen LogP contribution >= 0.6 is 0 Å². The van der Waals surface area contributed by atoms with Crippen LogP contribution < -0.4 is 10.5 Å². The summed E-state index contributed by atoms with van der Waals surface area (Å²) in [4.78, 5) is 2.57. The number of benzene rings is 1. The maximum Gasteiger partial charge on any atom is 0.240 e. The van der Waals surface area contributed by atoms with Crippen molar-refractivity contribution in [3.8, 4) is 0 Å². The number of sulfonamides is 1. The molecule has 1 aromatic rings. The molecule has 0 radical (unpaired) electrons. The molecule has 0 saturated heterocycles. The van der Waals surface area contributed by atoms with Gasteiger partial charge in [0.05, 0.1) is 5.69 Å². The van der Waals surface area contributed by atoms with Gasteiger partial charge in [0.25, 0.3) is 0 Å². The number of hydrogen-bond donors (Lipinski definition) is 2. The summed E-state index contributed by atoms with van der Waals surface area (Å²) in [6.07, 6.45) is 2.56. The zero-order valence-corrected chi connectivity index (χ0v) is 12.0. The fraction of sp³-hybridized carbons (Fsp3) is 0.538. The van der Waals surface area contributed by atoms with E-state index < -0.39 is 10.0 Å². The standard InChI is InChI=1S/C13H21N3O2S/c1-2-16(11-7-8-11)10-9-15-12-5-3-4-6-13(12)19(14,17)18/h3-6,11,15H,2,7-10H2,1H3,(H2,14,17,18). The molecule has 3 N–H and O–H groups in total. The number of para-hydroxylation sites is 1. The number of nitrogens with zero attached hydrogens (tertiary/aromatic N) is 1. The summed E-state index contributed by atoms with van der Waals surface area (Å²) < 4.78 is 22.9. The first-order valence-corrected chi connectivity index (χ1v) is 8.16. The van der Waals surface area contributed by atoms with Crippen molar-refractivity contribution >= 4 is 15.7 Å². The van der Waals surface area contributed by atoms with Gasteiger partial charge in [-0.15, -0.1) is 0 Å². The van der Waals surface area contributed by atoms with Gasteiger partial charge in [0, 0.05) is 19.1 Å². The van der Waals surface area contributed by atoms with Gasteiger partial charge in [-0.05, 0) is 31.5 Å². The third kappa shape index (κ3) is 3.92. The third-order valence-electron chi connectivity index (χ3n) is 3.38. The first kappa shape index (κ1) is 14.3. The lowest BCUT2D eigenvalue weighted by molar-refractivity contribution is 0.289. The second kappa shape index (κ2) is 5.90. The van der Waals surface area contributed by atoms with Gasteiger partial charge in [-0.1, -0.05) is 19.1 Å². The quantitative estimate of drug-likeness (QED) is 0.789. The smallest absolute Gasteiger partial charge is 0.240 e. The lowest BCUT2D eigenvalue weighted by Gasteiger charge is -2.20. The van der Waals surface area contributed by atoms with E-state index in [0.29, 0.717) is 5.69 Å². The Labute approximate surface area is 114 Å². The van der Waals surface area contributed by atoms with Crippen LogP contribution in [0.5, 0.6) is 0 Å². The Morgan fingerprint density at radius 1 is 1.37 bits per heavy atom. The first-order valence-electron chi connectivity index (χ1n) is 6.62. The Kier molecular flexibility index (Phi) is 4.44. The fourth-order valence-electron chi connectivity index (χ4n) is 2.23. The Hall–Kier alpha value is -1.11. The summed E-state index contributed by atoms with van der Waals surface area (Å²) in [6, 6.07) is 7.46. The van der Waals surface area contributed by atoms with E-state index in [9.17, 15) is 8.42 Å². The zero-order valence-electron chi connectivity index (χ0n) is 11.2. The Morgan fingerprint density at radius 2 is 2.05 bits per heavy atom. The Morgan fingerprint density at radius 3 is 2.63 bits per heavy atom. The molecular formula is C13H21N3O2S. The molecular weight excluding hydrogens is 262 g/mol. The fourth-order valence-corrected chi connectivity index (χ4v) is 2.95. The molecule has 0 spiro atoms. The van der Waals surface area contributed by atoms with Crippen LogP contribution in [0.2, 0.25) is 0 Å². The van der Waals surface area contributed by atoms with E-state index in [4.69, 9.17) is 5.14 Å². The third-order valence-corrected chi connectivity index (χ3v) is 4.35. The summed E-state index contributed by atoms with van der Waals surface area (Å²) in [6.45, 7) is 4.82. The minimum atomic E-state index is -3.67. The largest absolute Gasteiger partial charge is 0.383 e. The van der Waals surface area contributed by atoms with Crippen molar-refractivity contribution in [1.29, 1.82) is 0 Å². The van der Waals surface area contributed by atoms with Crippen molar-refractivity contribution in [1.82, 2.24) is 4.90 Å². The van der Waals surface area contributed by atoms with Gasteiger partial charge >= 0.3 is 0 Å². The van der Waals surface area contributed by atoms with Crippen LogP contribution in [-0.4, -0.2) is 39.0 Å². The normalized spacial score (nSPS) is 15.7. The zero-order chi connectivity index (χ0) is 13.9. The number of hydrogen-bond acceptors (Lipinski definition) is 4. The Balaban J connectivity index is 1.96. The number of nitrogens with one attached hydrogen (secondary N) is 1.